The van der Waals surface area contributed by atoms with E-state index in [1.807, 2.05) is 40.6 Å². The summed E-state index contributed by atoms with van der Waals surface area (Å²) < 4.78 is 1.84. The summed E-state index contributed by atoms with van der Waals surface area (Å²) in [6.45, 7) is 2.41. The van der Waals surface area contributed by atoms with E-state index < -0.39 is 0 Å². The van der Waals surface area contributed by atoms with Gasteiger partial charge in [-0.3, -0.25) is 14.7 Å². The van der Waals surface area contributed by atoms with Gasteiger partial charge in [0.25, 0.3) is 0 Å². The summed E-state index contributed by atoms with van der Waals surface area (Å²) in [5, 5.41) is 17.5. The number of aromatic nitrogens is 4. The van der Waals surface area contributed by atoms with Crippen LogP contribution in [-0.4, -0.2) is 67.2 Å². The zero-order chi connectivity index (χ0) is 18.5. The molecule has 1 amide bonds. The van der Waals surface area contributed by atoms with Gasteiger partial charge in [-0.05, 0) is 37.6 Å². The summed E-state index contributed by atoms with van der Waals surface area (Å²) in [5.41, 5.74) is 1.14. The van der Waals surface area contributed by atoms with Gasteiger partial charge in [-0.1, -0.05) is 0 Å². The molecule has 1 unspecified atom stereocenters. The van der Waals surface area contributed by atoms with Crippen LogP contribution in [0.5, 0.6) is 0 Å². The molecule has 8 nitrogen and oxygen atoms in total. The molecule has 0 aliphatic carbocycles. The second-order valence-corrected chi connectivity index (χ2v) is 6.90. The van der Waals surface area contributed by atoms with E-state index >= 15 is 0 Å². The van der Waals surface area contributed by atoms with Gasteiger partial charge in [-0.15, -0.1) is 10.2 Å². The van der Waals surface area contributed by atoms with Crippen LogP contribution in [0.2, 0.25) is 0 Å². The monoisotopic (exact) mass is 358 g/mol. The van der Waals surface area contributed by atoms with Gasteiger partial charge in [0.15, 0.2) is 5.82 Å². The Labute approximate surface area is 153 Å². The molecule has 1 aliphatic heterocycles. The van der Waals surface area contributed by atoms with E-state index in [-0.39, 0.29) is 18.4 Å². The van der Waals surface area contributed by atoms with Gasteiger partial charge in [0.05, 0.1) is 6.54 Å². The molecule has 1 fully saturated rings. The summed E-state index contributed by atoms with van der Waals surface area (Å²) in [5.74, 6) is 1.70. The van der Waals surface area contributed by atoms with Crippen molar-refractivity contribution in [2.24, 2.45) is 7.05 Å². The molecule has 1 atom stereocenters. The lowest BCUT2D eigenvalue weighted by Crippen LogP contribution is -2.44. The Hall–Kier alpha value is -2.32. The first-order chi connectivity index (χ1) is 12.6. The van der Waals surface area contributed by atoms with Crippen molar-refractivity contribution < 1.29 is 9.90 Å². The number of pyridine rings is 1. The number of rotatable bonds is 6. The molecule has 0 spiro atoms. The van der Waals surface area contributed by atoms with E-state index in [0.717, 1.165) is 30.8 Å². The molecule has 2 aromatic rings. The van der Waals surface area contributed by atoms with Crippen molar-refractivity contribution in [1.82, 2.24) is 29.5 Å². The minimum Gasteiger partial charge on any atom is -0.388 e. The molecule has 140 valence electrons. The van der Waals surface area contributed by atoms with E-state index in [2.05, 4.69) is 15.2 Å². The van der Waals surface area contributed by atoms with Gasteiger partial charge in [-0.25, -0.2) is 0 Å². The summed E-state index contributed by atoms with van der Waals surface area (Å²) in [7, 11) is 3.82. The predicted molar refractivity (Wildman–Crippen MR) is 96.1 cm³/mol. The number of carbonyl (C=O) groups excluding carboxylic acids is 1. The Morgan fingerprint density at radius 2 is 2.12 bits per heavy atom. The molecule has 26 heavy (non-hydrogen) atoms. The molecule has 3 rings (SSSR count). The zero-order valence-electron chi connectivity index (χ0n) is 15.4. The standard InChI is InChI=1S/C18H26N6O2/c1-22(10-14-5-7-19-8-6-14)12-17(26)24-9-3-4-15(11-24)18-21-20-16(13-25)23(18)2/h5-8,15,25H,3-4,9-13H2,1-2H3. The van der Waals surface area contributed by atoms with Gasteiger partial charge in [-0.2, -0.15) is 0 Å². The first kappa shape index (κ1) is 18.5. The van der Waals surface area contributed by atoms with Crippen molar-refractivity contribution in [2.75, 3.05) is 26.7 Å². The Morgan fingerprint density at radius 1 is 1.35 bits per heavy atom. The van der Waals surface area contributed by atoms with E-state index in [1.54, 1.807) is 12.4 Å². The molecule has 0 bridgehead atoms. The van der Waals surface area contributed by atoms with Crippen molar-refractivity contribution in [2.45, 2.75) is 31.9 Å². The molecule has 0 radical (unpaired) electrons. The van der Waals surface area contributed by atoms with Gasteiger partial charge in [0, 0.05) is 45.0 Å². The fourth-order valence-electron chi connectivity index (χ4n) is 3.47. The molecule has 1 N–H and O–H groups in total. The van der Waals surface area contributed by atoms with Gasteiger partial charge in [0.2, 0.25) is 5.91 Å². The highest BCUT2D eigenvalue weighted by atomic mass is 16.3. The average Bonchev–Trinajstić information content (AvgIpc) is 3.03. The summed E-state index contributed by atoms with van der Waals surface area (Å²) >= 11 is 0. The van der Waals surface area contributed by atoms with E-state index in [9.17, 15) is 9.90 Å². The third kappa shape index (κ3) is 4.25. The number of amides is 1. The number of likely N-dealkylation sites (tertiary alicyclic amines) is 1. The summed E-state index contributed by atoms with van der Waals surface area (Å²) in [4.78, 5) is 20.7. The number of likely N-dealkylation sites (N-methyl/N-ethyl adjacent to an activating group) is 1. The normalized spacial score (nSPS) is 17.7. The Morgan fingerprint density at radius 3 is 2.81 bits per heavy atom. The zero-order valence-corrected chi connectivity index (χ0v) is 15.4. The SMILES string of the molecule is CN(CC(=O)N1CCCC(c2nnc(CO)n2C)C1)Cc1ccncc1. The Bertz CT molecular complexity index is 733. The quantitative estimate of drug-likeness (QED) is 0.811. The second-order valence-electron chi connectivity index (χ2n) is 6.90. The van der Waals surface area contributed by atoms with Crippen LogP contribution in [0.25, 0.3) is 0 Å². The smallest absolute Gasteiger partial charge is 0.236 e. The van der Waals surface area contributed by atoms with Crippen LogP contribution in [0, 0.1) is 0 Å². The molecule has 0 saturated carbocycles. The van der Waals surface area contributed by atoms with Crippen LogP contribution < -0.4 is 0 Å². The van der Waals surface area contributed by atoms with E-state index in [4.69, 9.17) is 0 Å². The highest BCUT2D eigenvalue weighted by Crippen LogP contribution is 2.26. The summed E-state index contributed by atoms with van der Waals surface area (Å²) in [6.07, 6.45) is 5.46. The highest BCUT2D eigenvalue weighted by molar-refractivity contribution is 5.78. The molecule has 0 aromatic carbocycles. The maximum atomic E-state index is 12.7. The lowest BCUT2D eigenvalue weighted by Gasteiger charge is -2.33. The predicted octanol–water partition coefficient (Wildman–Crippen LogP) is 0.540. The maximum absolute atomic E-state index is 12.7. The second kappa shape index (κ2) is 8.37. The number of aliphatic hydroxyl groups excluding tert-OH is 1. The van der Waals surface area contributed by atoms with Gasteiger partial charge < -0.3 is 14.6 Å². The molecule has 1 aliphatic rings. The maximum Gasteiger partial charge on any atom is 0.236 e. The molecule has 2 aromatic heterocycles. The van der Waals surface area contributed by atoms with E-state index in [0.29, 0.717) is 25.5 Å². The van der Waals surface area contributed by atoms with Crippen molar-refractivity contribution in [1.29, 1.82) is 0 Å². The number of carbonyl (C=O) groups is 1. The average molecular weight is 358 g/mol. The fourth-order valence-corrected chi connectivity index (χ4v) is 3.47. The first-order valence-corrected chi connectivity index (χ1v) is 8.92. The number of hydrogen-bond donors (Lipinski definition) is 1. The highest BCUT2D eigenvalue weighted by Gasteiger charge is 2.28. The molecular weight excluding hydrogens is 332 g/mol. The van der Waals surface area contributed by atoms with Crippen molar-refractivity contribution in [3.05, 3.63) is 41.7 Å². The van der Waals surface area contributed by atoms with Crippen molar-refractivity contribution in [3.8, 4) is 0 Å². The number of nitrogens with zero attached hydrogens (tertiary/aromatic N) is 6. The lowest BCUT2D eigenvalue weighted by molar-refractivity contribution is -0.133. The lowest BCUT2D eigenvalue weighted by atomic mass is 9.97. The minimum atomic E-state index is -0.126. The molecular formula is C18H26N6O2. The first-order valence-electron chi connectivity index (χ1n) is 8.92. The van der Waals surface area contributed by atoms with Crippen molar-refractivity contribution >= 4 is 5.91 Å². The number of hydrogen-bond acceptors (Lipinski definition) is 6. The number of piperidine rings is 1. The molecule has 8 heteroatoms. The van der Waals surface area contributed by atoms with Gasteiger partial charge in [0.1, 0.15) is 12.4 Å². The fraction of sp³-hybridized carbons (Fsp3) is 0.556. The largest absolute Gasteiger partial charge is 0.388 e. The van der Waals surface area contributed by atoms with Crippen LogP contribution in [0.3, 0.4) is 0 Å². The third-order valence-electron chi connectivity index (χ3n) is 4.89. The van der Waals surface area contributed by atoms with Gasteiger partial charge >= 0.3 is 0 Å². The Kier molecular flexibility index (Phi) is 5.95. The van der Waals surface area contributed by atoms with Crippen LogP contribution in [-0.2, 0) is 25.0 Å². The topological polar surface area (TPSA) is 87.4 Å². The van der Waals surface area contributed by atoms with Crippen LogP contribution in [0.1, 0.15) is 36.0 Å². The third-order valence-corrected chi connectivity index (χ3v) is 4.89. The summed E-state index contributed by atoms with van der Waals surface area (Å²) in [6, 6.07) is 3.93. The molecule has 1 saturated heterocycles. The van der Waals surface area contributed by atoms with Crippen LogP contribution in [0.15, 0.2) is 24.5 Å². The van der Waals surface area contributed by atoms with Crippen molar-refractivity contribution in [3.63, 3.8) is 0 Å². The number of aliphatic hydroxyl groups is 1. The minimum absolute atomic E-state index is 0.126. The van der Waals surface area contributed by atoms with E-state index in [1.165, 1.54) is 0 Å². The molecule has 3 heterocycles. The Balaban J connectivity index is 1.58. The van der Waals surface area contributed by atoms with Crippen LogP contribution >= 0.6 is 0 Å². The van der Waals surface area contributed by atoms with Crippen LogP contribution in [0.4, 0.5) is 0 Å².